The van der Waals surface area contributed by atoms with E-state index < -0.39 is 21.5 Å². The van der Waals surface area contributed by atoms with Gasteiger partial charge < -0.3 is 5.11 Å². The second-order valence-corrected chi connectivity index (χ2v) is 9.14. The van der Waals surface area contributed by atoms with E-state index in [1.807, 2.05) is 13.8 Å². The molecule has 1 N–H and O–H groups in total. The molecule has 0 spiro atoms. The topological polar surface area (TPSA) is 54.4 Å². The van der Waals surface area contributed by atoms with E-state index in [2.05, 4.69) is 67.7 Å². The molecule has 0 bridgehead atoms. The van der Waals surface area contributed by atoms with Crippen LogP contribution in [0.5, 0.6) is 0 Å². The molecule has 0 aromatic rings. The zero-order valence-electron chi connectivity index (χ0n) is 19.2. The Labute approximate surface area is 187 Å². The van der Waals surface area contributed by atoms with Crippen LogP contribution >= 0.6 is 0 Å². The molecule has 0 amide bonds. The molecule has 0 heterocycles. The molecule has 0 aliphatic rings. The molecule has 30 heavy (non-hydrogen) atoms. The van der Waals surface area contributed by atoms with Crippen LogP contribution in [0.4, 0.5) is 0 Å². The van der Waals surface area contributed by atoms with Crippen molar-refractivity contribution < 1.29 is 14.1 Å². The summed E-state index contributed by atoms with van der Waals surface area (Å²) < 4.78 is 11.4. The third-order valence-corrected chi connectivity index (χ3v) is 7.36. The molecule has 0 saturated carbocycles. The lowest BCUT2D eigenvalue weighted by atomic mass is 10.0. The Kier molecular flexibility index (Phi) is 18.2. The van der Waals surface area contributed by atoms with Gasteiger partial charge >= 0.3 is 5.97 Å². The van der Waals surface area contributed by atoms with Crippen LogP contribution in [0, 0.1) is 0 Å². The molecule has 0 aromatic carbocycles. The van der Waals surface area contributed by atoms with Gasteiger partial charge in [-0.1, -0.05) is 81.5 Å². The Hall–Kier alpha value is -1.68. The molecule has 0 aliphatic heterocycles. The van der Waals surface area contributed by atoms with Crippen molar-refractivity contribution in [3.63, 3.8) is 0 Å². The Morgan fingerprint density at radius 2 is 1.17 bits per heavy atom. The number of rotatable bonds is 18. The van der Waals surface area contributed by atoms with E-state index in [-0.39, 0.29) is 0 Å². The SMILES string of the molecule is CCC=CCC=CCC=CCC=CCC=CCCCCS(=O)C(CC)(CC)C(=O)O. The predicted octanol–water partition coefficient (Wildman–Crippen LogP) is 7.30. The van der Waals surface area contributed by atoms with Gasteiger partial charge in [0, 0.05) is 16.6 Å². The lowest BCUT2D eigenvalue weighted by Crippen LogP contribution is -2.43. The van der Waals surface area contributed by atoms with E-state index in [9.17, 15) is 14.1 Å². The molecule has 3 nitrogen and oxygen atoms in total. The van der Waals surface area contributed by atoms with Gasteiger partial charge in [0.15, 0.2) is 0 Å². The van der Waals surface area contributed by atoms with Gasteiger partial charge in [-0.3, -0.25) is 9.00 Å². The zero-order chi connectivity index (χ0) is 22.5. The predicted molar refractivity (Wildman–Crippen MR) is 132 cm³/mol. The summed E-state index contributed by atoms with van der Waals surface area (Å²) >= 11 is 0. The monoisotopic (exact) mass is 434 g/mol. The Morgan fingerprint density at radius 1 is 0.733 bits per heavy atom. The standard InChI is InChI=1S/C26H42O3S/c1-4-7-8-9-10-11-12-13-14-15-16-17-18-19-20-21-22-23-24-30(29)26(5-2,6-3)25(27)28/h7-8,10-11,13-14,16-17,19-20H,4-6,9,12,15,18,21-24H2,1-3H3,(H,27,28). The molecular formula is C26H42O3S. The van der Waals surface area contributed by atoms with Crippen LogP contribution in [0.3, 0.4) is 0 Å². The first kappa shape index (κ1) is 28.3. The summed E-state index contributed by atoms with van der Waals surface area (Å²) in [6, 6.07) is 0. The van der Waals surface area contributed by atoms with Crippen LogP contribution in [-0.2, 0) is 15.6 Å². The average Bonchev–Trinajstić information content (AvgIpc) is 2.74. The third kappa shape index (κ3) is 12.8. The van der Waals surface area contributed by atoms with Gasteiger partial charge in [0.25, 0.3) is 0 Å². The largest absolute Gasteiger partial charge is 0.480 e. The van der Waals surface area contributed by atoms with Crippen molar-refractivity contribution in [1.82, 2.24) is 0 Å². The molecule has 170 valence electrons. The summed E-state index contributed by atoms with van der Waals surface area (Å²) in [5.74, 6) is -0.456. The van der Waals surface area contributed by atoms with Crippen molar-refractivity contribution >= 4 is 16.8 Å². The Morgan fingerprint density at radius 3 is 1.57 bits per heavy atom. The molecule has 0 aromatic heterocycles. The van der Waals surface area contributed by atoms with Crippen molar-refractivity contribution in [2.24, 2.45) is 0 Å². The molecule has 0 radical (unpaired) electrons. The number of unbranched alkanes of at least 4 members (excludes halogenated alkanes) is 2. The molecule has 1 atom stereocenters. The highest BCUT2D eigenvalue weighted by Crippen LogP contribution is 2.25. The fourth-order valence-corrected chi connectivity index (χ4v) is 4.73. The first-order valence-corrected chi connectivity index (χ1v) is 12.7. The summed E-state index contributed by atoms with van der Waals surface area (Å²) in [5, 5.41) is 9.43. The maximum absolute atomic E-state index is 12.4. The lowest BCUT2D eigenvalue weighted by molar-refractivity contribution is -0.140. The number of aliphatic carboxylic acids is 1. The van der Waals surface area contributed by atoms with Gasteiger partial charge in [-0.25, -0.2) is 0 Å². The highest BCUT2D eigenvalue weighted by molar-refractivity contribution is 7.87. The second-order valence-electron chi connectivity index (χ2n) is 7.26. The summed E-state index contributed by atoms with van der Waals surface area (Å²) in [6.07, 6.45) is 30.4. The van der Waals surface area contributed by atoms with E-state index in [4.69, 9.17) is 0 Å². The number of carboxylic acid groups (broad SMARTS) is 1. The first-order chi connectivity index (χ1) is 14.5. The number of carboxylic acids is 1. The van der Waals surface area contributed by atoms with Crippen molar-refractivity contribution in [2.75, 3.05) is 5.75 Å². The summed E-state index contributed by atoms with van der Waals surface area (Å²) in [7, 11) is -1.31. The third-order valence-electron chi connectivity index (χ3n) is 5.08. The maximum atomic E-state index is 12.4. The fraction of sp³-hybridized carbons (Fsp3) is 0.577. The van der Waals surface area contributed by atoms with Crippen LogP contribution in [-0.4, -0.2) is 25.8 Å². The average molecular weight is 435 g/mol. The summed E-state index contributed by atoms with van der Waals surface area (Å²) in [4.78, 5) is 11.5. The summed E-state index contributed by atoms with van der Waals surface area (Å²) in [6.45, 7) is 5.77. The summed E-state index contributed by atoms with van der Waals surface area (Å²) in [5.41, 5.74) is 0. The smallest absolute Gasteiger partial charge is 0.322 e. The van der Waals surface area contributed by atoms with Gasteiger partial charge in [0.1, 0.15) is 4.75 Å². The zero-order valence-corrected chi connectivity index (χ0v) is 20.0. The maximum Gasteiger partial charge on any atom is 0.322 e. The lowest BCUT2D eigenvalue weighted by Gasteiger charge is -2.25. The van der Waals surface area contributed by atoms with Gasteiger partial charge in [-0.05, 0) is 64.2 Å². The molecule has 1 unspecified atom stereocenters. The molecule has 0 fully saturated rings. The van der Waals surface area contributed by atoms with Crippen molar-refractivity contribution in [1.29, 1.82) is 0 Å². The van der Waals surface area contributed by atoms with Gasteiger partial charge in [0.2, 0.25) is 0 Å². The van der Waals surface area contributed by atoms with E-state index in [0.29, 0.717) is 18.6 Å². The van der Waals surface area contributed by atoms with Crippen molar-refractivity contribution in [3.05, 3.63) is 60.8 Å². The van der Waals surface area contributed by atoms with Crippen LogP contribution in [0.1, 0.15) is 85.0 Å². The second kappa shape index (κ2) is 19.3. The fourth-order valence-electron chi connectivity index (χ4n) is 3.03. The number of hydrogen-bond acceptors (Lipinski definition) is 2. The molecule has 0 aliphatic carbocycles. The minimum Gasteiger partial charge on any atom is -0.480 e. The molecule has 0 rings (SSSR count). The van der Waals surface area contributed by atoms with E-state index in [1.165, 1.54) is 0 Å². The Bertz CT molecular complexity index is 608. The minimum absolute atomic E-state index is 0.417. The highest BCUT2D eigenvalue weighted by atomic mass is 32.2. The number of carbonyl (C=O) groups is 1. The van der Waals surface area contributed by atoms with Gasteiger partial charge in [0.05, 0.1) is 0 Å². The molecule has 4 heteroatoms. The van der Waals surface area contributed by atoms with Crippen molar-refractivity contribution in [2.45, 2.75) is 89.7 Å². The van der Waals surface area contributed by atoms with E-state index >= 15 is 0 Å². The van der Waals surface area contributed by atoms with Crippen LogP contribution < -0.4 is 0 Å². The quantitative estimate of drug-likeness (QED) is 0.182. The van der Waals surface area contributed by atoms with Crippen molar-refractivity contribution in [3.8, 4) is 0 Å². The molecular weight excluding hydrogens is 392 g/mol. The number of allylic oxidation sites excluding steroid dienone is 10. The normalized spacial score (nSPS) is 14.2. The highest BCUT2D eigenvalue weighted by Gasteiger charge is 2.40. The van der Waals surface area contributed by atoms with Crippen LogP contribution in [0.15, 0.2) is 60.8 Å². The molecule has 0 saturated heterocycles. The number of hydrogen-bond donors (Lipinski definition) is 1. The van der Waals surface area contributed by atoms with Gasteiger partial charge in [-0.15, -0.1) is 0 Å². The van der Waals surface area contributed by atoms with Crippen LogP contribution in [0.25, 0.3) is 0 Å². The van der Waals surface area contributed by atoms with Crippen LogP contribution in [0.2, 0.25) is 0 Å². The van der Waals surface area contributed by atoms with E-state index in [1.54, 1.807) is 0 Å². The minimum atomic E-state index is -1.31. The van der Waals surface area contributed by atoms with E-state index in [0.717, 1.165) is 51.4 Å². The first-order valence-electron chi connectivity index (χ1n) is 11.4. The van der Waals surface area contributed by atoms with Gasteiger partial charge in [-0.2, -0.15) is 0 Å². The Balaban J connectivity index is 3.83.